The summed E-state index contributed by atoms with van der Waals surface area (Å²) in [6.07, 6.45) is 20.2. The second kappa shape index (κ2) is 19.1. The first kappa shape index (κ1) is 27.4. The molecule has 1 aromatic rings. The second-order valence-electron chi connectivity index (χ2n) is 8.55. The highest BCUT2D eigenvalue weighted by molar-refractivity contribution is 5.76. The van der Waals surface area contributed by atoms with E-state index in [1.54, 1.807) is 12.1 Å². The highest BCUT2D eigenvalue weighted by Crippen LogP contribution is 2.16. The van der Waals surface area contributed by atoms with E-state index < -0.39 is 12.1 Å². The lowest BCUT2D eigenvalue weighted by Crippen LogP contribution is -2.41. The summed E-state index contributed by atoms with van der Waals surface area (Å²) in [5.74, 6) is -0.105. The summed E-state index contributed by atoms with van der Waals surface area (Å²) < 4.78 is 0. The van der Waals surface area contributed by atoms with E-state index in [0.717, 1.165) is 25.7 Å². The highest BCUT2D eigenvalue weighted by atomic mass is 16.3. The molecule has 4 nitrogen and oxygen atoms in total. The summed E-state index contributed by atoms with van der Waals surface area (Å²) in [7, 11) is 0. The number of hydrogen-bond donors (Lipinski definition) is 3. The van der Waals surface area contributed by atoms with Gasteiger partial charge in [0.1, 0.15) is 6.10 Å². The van der Waals surface area contributed by atoms with Crippen LogP contribution in [-0.4, -0.2) is 28.8 Å². The molecule has 3 N–H and O–H groups in total. The first-order valence-electron chi connectivity index (χ1n) is 12.5. The van der Waals surface area contributed by atoms with Gasteiger partial charge >= 0.3 is 0 Å². The quantitative estimate of drug-likeness (QED) is 0.179. The summed E-state index contributed by atoms with van der Waals surface area (Å²) in [6, 6.07) is 8.46. The molecular weight excluding hydrogens is 386 g/mol. The van der Waals surface area contributed by atoms with Crippen molar-refractivity contribution < 1.29 is 15.0 Å². The SMILES string of the molecule is CCCCCCCC/C=C\CCCCCCCC(=O)N[C@H](CO)[C@H](O)c1ccccc1. The van der Waals surface area contributed by atoms with E-state index in [2.05, 4.69) is 24.4 Å². The van der Waals surface area contributed by atoms with Crippen LogP contribution in [-0.2, 0) is 4.79 Å². The van der Waals surface area contributed by atoms with Crippen molar-refractivity contribution in [2.45, 2.75) is 109 Å². The maximum absolute atomic E-state index is 12.1. The third-order valence-electron chi connectivity index (χ3n) is 5.73. The normalized spacial score (nSPS) is 13.4. The van der Waals surface area contributed by atoms with Crippen LogP contribution in [0.4, 0.5) is 0 Å². The van der Waals surface area contributed by atoms with Crippen LogP contribution >= 0.6 is 0 Å². The topological polar surface area (TPSA) is 69.6 Å². The minimum Gasteiger partial charge on any atom is -0.394 e. The summed E-state index contributed by atoms with van der Waals surface area (Å²) in [5.41, 5.74) is 0.697. The number of aliphatic hydroxyl groups is 2. The third kappa shape index (κ3) is 14.1. The largest absolute Gasteiger partial charge is 0.394 e. The molecule has 0 radical (unpaired) electrons. The number of carbonyl (C=O) groups excluding carboxylic acids is 1. The summed E-state index contributed by atoms with van der Waals surface area (Å²) in [6.45, 7) is 1.97. The van der Waals surface area contributed by atoms with Crippen LogP contribution in [0.1, 0.15) is 108 Å². The lowest BCUT2D eigenvalue weighted by Gasteiger charge is -2.22. The summed E-state index contributed by atoms with van der Waals surface area (Å²) in [5, 5.41) is 22.6. The lowest BCUT2D eigenvalue weighted by molar-refractivity contribution is -0.123. The molecule has 0 bridgehead atoms. The monoisotopic (exact) mass is 431 g/mol. The van der Waals surface area contributed by atoms with Gasteiger partial charge in [0.05, 0.1) is 12.6 Å². The molecule has 0 aliphatic heterocycles. The van der Waals surface area contributed by atoms with E-state index >= 15 is 0 Å². The molecule has 1 aromatic carbocycles. The number of aliphatic hydroxyl groups excluding tert-OH is 2. The van der Waals surface area contributed by atoms with E-state index in [-0.39, 0.29) is 12.5 Å². The fourth-order valence-electron chi connectivity index (χ4n) is 3.74. The third-order valence-corrected chi connectivity index (χ3v) is 5.73. The standard InChI is InChI=1S/C27H45NO3/c1-2-3-4-5-6-7-8-9-10-11-12-13-14-15-19-22-26(30)28-25(23-29)27(31)24-20-17-16-18-21-24/h9-10,16-18,20-21,25,27,29,31H,2-8,11-15,19,22-23H2,1H3,(H,28,30)/b10-9-/t25-,27-/m1/s1. The van der Waals surface area contributed by atoms with Gasteiger partial charge in [-0.1, -0.05) is 101 Å². The number of hydrogen-bond acceptors (Lipinski definition) is 3. The van der Waals surface area contributed by atoms with Gasteiger partial charge < -0.3 is 15.5 Å². The van der Waals surface area contributed by atoms with Crippen LogP contribution in [0.3, 0.4) is 0 Å². The van der Waals surface area contributed by atoms with Gasteiger partial charge in [0.25, 0.3) is 0 Å². The van der Waals surface area contributed by atoms with Gasteiger partial charge in [-0.15, -0.1) is 0 Å². The molecular formula is C27H45NO3. The van der Waals surface area contributed by atoms with Crippen molar-refractivity contribution in [1.82, 2.24) is 5.32 Å². The zero-order chi connectivity index (χ0) is 22.6. The molecule has 0 aliphatic rings. The molecule has 176 valence electrons. The van der Waals surface area contributed by atoms with E-state index in [1.165, 1.54) is 57.8 Å². The Labute approximate surface area is 190 Å². The minimum absolute atomic E-state index is 0.105. The maximum Gasteiger partial charge on any atom is 0.220 e. The fraction of sp³-hybridized carbons (Fsp3) is 0.667. The van der Waals surface area contributed by atoms with Crippen LogP contribution in [0.25, 0.3) is 0 Å². The number of unbranched alkanes of at least 4 members (excludes halogenated alkanes) is 11. The Morgan fingerprint density at radius 2 is 1.42 bits per heavy atom. The summed E-state index contributed by atoms with van der Waals surface area (Å²) >= 11 is 0. The van der Waals surface area contributed by atoms with Gasteiger partial charge in [-0.2, -0.15) is 0 Å². The number of allylic oxidation sites excluding steroid dienone is 2. The maximum atomic E-state index is 12.1. The van der Waals surface area contributed by atoms with Crippen molar-refractivity contribution in [2.24, 2.45) is 0 Å². The number of carbonyl (C=O) groups is 1. The second-order valence-corrected chi connectivity index (χ2v) is 8.55. The predicted molar refractivity (Wildman–Crippen MR) is 130 cm³/mol. The molecule has 1 amide bonds. The lowest BCUT2D eigenvalue weighted by atomic mass is 10.0. The zero-order valence-corrected chi connectivity index (χ0v) is 19.6. The highest BCUT2D eigenvalue weighted by Gasteiger charge is 2.21. The Morgan fingerprint density at radius 3 is 2.00 bits per heavy atom. The van der Waals surface area contributed by atoms with E-state index in [4.69, 9.17) is 0 Å². The fourth-order valence-corrected chi connectivity index (χ4v) is 3.74. The molecule has 1 rings (SSSR count). The van der Waals surface area contributed by atoms with Gasteiger partial charge in [0, 0.05) is 6.42 Å². The van der Waals surface area contributed by atoms with Crippen LogP contribution in [0, 0.1) is 0 Å². The molecule has 0 saturated carbocycles. The van der Waals surface area contributed by atoms with Crippen LogP contribution in [0.2, 0.25) is 0 Å². The van der Waals surface area contributed by atoms with Gasteiger partial charge in [-0.05, 0) is 37.7 Å². The van der Waals surface area contributed by atoms with Crippen molar-refractivity contribution in [2.75, 3.05) is 6.61 Å². The number of rotatable bonds is 19. The Hall–Kier alpha value is -1.65. The molecule has 4 heteroatoms. The van der Waals surface area contributed by atoms with E-state index in [0.29, 0.717) is 12.0 Å². The predicted octanol–water partition coefficient (Wildman–Crippen LogP) is 6.23. The molecule has 0 aromatic heterocycles. The van der Waals surface area contributed by atoms with Crippen molar-refractivity contribution in [1.29, 1.82) is 0 Å². The molecule has 31 heavy (non-hydrogen) atoms. The Bertz CT molecular complexity index is 573. The average Bonchev–Trinajstić information content (AvgIpc) is 2.80. The van der Waals surface area contributed by atoms with Gasteiger partial charge in [0.15, 0.2) is 0 Å². The first-order chi connectivity index (χ1) is 15.2. The molecule has 2 atom stereocenters. The first-order valence-corrected chi connectivity index (χ1v) is 12.5. The molecule has 0 unspecified atom stereocenters. The number of amides is 1. The number of nitrogens with one attached hydrogen (secondary N) is 1. The summed E-state index contributed by atoms with van der Waals surface area (Å²) in [4.78, 5) is 12.1. The Balaban J connectivity index is 2.00. The zero-order valence-electron chi connectivity index (χ0n) is 19.6. The Morgan fingerprint density at radius 1 is 0.871 bits per heavy atom. The number of benzene rings is 1. The Kier molecular flexibility index (Phi) is 16.8. The van der Waals surface area contributed by atoms with E-state index in [9.17, 15) is 15.0 Å². The molecule has 0 fully saturated rings. The van der Waals surface area contributed by atoms with Crippen molar-refractivity contribution in [3.8, 4) is 0 Å². The van der Waals surface area contributed by atoms with Crippen molar-refractivity contribution >= 4 is 5.91 Å². The minimum atomic E-state index is -0.899. The molecule has 0 spiro atoms. The van der Waals surface area contributed by atoms with Crippen molar-refractivity contribution in [3.63, 3.8) is 0 Å². The van der Waals surface area contributed by atoms with Gasteiger partial charge in [-0.3, -0.25) is 4.79 Å². The molecule has 0 aliphatic carbocycles. The smallest absolute Gasteiger partial charge is 0.220 e. The van der Waals surface area contributed by atoms with Gasteiger partial charge in [0.2, 0.25) is 5.91 Å². The van der Waals surface area contributed by atoms with Crippen molar-refractivity contribution in [3.05, 3.63) is 48.0 Å². The van der Waals surface area contributed by atoms with Crippen LogP contribution in [0.5, 0.6) is 0 Å². The molecule has 0 heterocycles. The van der Waals surface area contributed by atoms with Gasteiger partial charge in [-0.25, -0.2) is 0 Å². The van der Waals surface area contributed by atoms with Crippen LogP contribution < -0.4 is 5.32 Å². The molecule has 0 saturated heterocycles. The van der Waals surface area contributed by atoms with E-state index in [1.807, 2.05) is 18.2 Å². The average molecular weight is 432 g/mol. The van der Waals surface area contributed by atoms with Crippen LogP contribution in [0.15, 0.2) is 42.5 Å².